The first-order valence-corrected chi connectivity index (χ1v) is 11.4. The number of nitrogens with one attached hydrogen (secondary N) is 1. The number of hydrogen-bond acceptors (Lipinski definition) is 4. The molecule has 5 fully saturated rings. The normalized spacial score (nSPS) is 41.8. The fraction of sp³-hybridized carbons (Fsp3) is 0.870. The minimum Gasteiger partial charge on any atom is -0.481 e. The summed E-state index contributed by atoms with van der Waals surface area (Å²) in [4.78, 5) is 17.1. The highest BCUT2D eigenvalue weighted by Gasteiger charge is 2.59. The molecule has 6 heteroatoms. The van der Waals surface area contributed by atoms with E-state index in [2.05, 4.69) is 18.4 Å². The first kappa shape index (κ1) is 20.7. The average Bonchev–Trinajstić information content (AvgIpc) is 2.65. The molecule has 5 rings (SSSR count). The van der Waals surface area contributed by atoms with Gasteiger partial charge in [0.1, 0.15) is 11.4 Å². The summed E-state index contributed by atoms with van der Waals surface area (Å²) in [6.45, 7) is 6.26. The Balaban J connectivity index is 1.56. The molecule has 0 aromatic carbocycles. The van der Waals surface area contributed by atoms with Crippen molar-refractivity contribution in [2.45, 2.75) is 96.3 Å². The van der Waals surface area contributed by atoms with Crippen LogP contribution >= 0.6 is 0 Å². The highest BCUT2D eigenvalue weighted by atomic mass is 16.5. The van der Waals surface area contributed by atoms with E-state index in [1.54, 1.807) is 0 Å². The third-order valence-electron chi connectivity index (χ3n) is 8.18. The Morgan fingerprint density at radius 2 is 1.86 bits per heavy atom. The van der Waals surface area contributed by atoms with Crippen molar-refractivity contribution in [3.05, 3.63) is 0 Å². The van der Waals surface area contributed by atoms with Gasteiger partial charge in [0.15, 0.2) is 6.19 Å². The minimum atomic E-state index is -0.662. The number of hydrogen-bond donors (Lipinski definition) is 2. The maximum atomic E-state index is 12.0. The fourth-order valence-electron chi connectivity index (χ4n) is 6.90. The van der Waals surface area contributed by atoms with E-state index in [1.807, 2.05) is 13.8 Å². The number of carboxylic acid groups (broad SMARTS) is 1. The summed E-state index contributed by atoms with van der Waals surface area (Å²) in [5, 5.41) is 22.1. The molecule has 29 heavy (non-hydrogen) atoms. The van der Waals surface area contributed by atoms with Gasteiger partial charge in [-0.3, -0.25) is 15.1 Å². The third kappa shape index (κ3) is 3.79. The molecule has 0 aliphatic heterocycles. The molecule has 0 radical (unpaired) electrons. The molecule has 5 saturated carbocycles. The quantitative estimate of drug-likeness (QED) is 0.313. The molecule has 6 nitrogen and oxygen atoms in total. The molecule has 0 spiro atoms. The van der Waals surface area contributed by atoms with Crippen LogP contribution < -0.4 is 5.32 Å². The van der Waals surface area contributed by atoms with E-state index in [9.17, 15) is 15.2 Å². The Morgan fingerprint density at radius 3 is 2.45 bits per heavy atom. The van der Waals surface area contributed by atoms with E-state index in [0.717, 1.165) is 38.5 Å². The number of carbonyl (C=O) groups is 1. The van der Waals surface area contributed by atoms with Crippen molar-refractivity contribution in [1.82, 2.24) is 5.32 Å². The predicted molar refractivity (Wildman–Crippen MR) is 110 cm³/mol. The topological polar surface area (TPSA) is 94.7 Å². The van der Waals surface area contributed by atoms with Gasteiger partial charge in [-0.1, -0.05) is 19.8 Å². The van der Waals surface area contributed by atoms with E-state index in [0.29, 0.717) is 29.5 Å². The summed E-state index contributed by atoms with van der Waals surface area (Å²) in [5.74, 6) is 1.64. The van der Waals surface area contributed by atoms with Crippen molar-refractivity contribution in [3.63, 3.8) is 0 Å². The Morgan fingerprint density at radius 1 is 1.21 bits per heavy atom. The number of ether oxygens (including phenoxy) is 1. The summed E-state index contributed by atoms with van der Waals surface area (Å²) in [7, 11) is 0. The van der Waals surface area contributed by atoms with E-state index in [1.165, 1.54) is 19.3 Å². The van der Waals surface area contributed by atoms with Crippen molar-refractivity contribution in [2.75, 3.05) is 0 Å². The average molecular weight is 402 g/mol. The number of aliphatic carboxylic acids is 1. The van der Waals surface area contributed by atoms with Crippen LogP contribution in [0.5, 0.6) is 0 Å². The van der Waals surface area contributed by atoms with Gasteiger partial charge in [-0.15, -0.1) is 0 Å². The standard InChI is InChI=1S/C23H35N3O3/c1-14-6-4-5-7-18(14)29-22(2,3)20(25-13-24)26-19-16-8-15-9-17(19)12-23(10-15,11-16)21(27)28/h14-19H,4-12H2,1-3H3,(H,25,26)(H,27,28). The summed E-state index contributed by atoms with van der Waals surface area (Å²) >= 11 is 0. The molecule has 5 aliphatic carbocycles. The number of carboxylic acids is 1. The van der Waals surface area contributed by atoms with E-state index >= 15 is 0 Å². The van der Waals surface area contributed by atoms with Crippen molar-refractivity contribution < 1.29 is 14.6 Å². The fourth-order valence-corrected chi connectivity index (χ4v) is 6.90. The van der Waals surface area contributed by atoms with Gasteiger partial charge in [-0.25, -0.2) is 0 Å². The lowest BCUT2D eigenvalue weighted by Crippen LogP contribution is -2.56. The number of aliphatic imine (C=N–C) groups is 1. The minimum absolute atomic E-state index is 0.0986. The van der Waals surface area contributed by atoms with E-state index in [4.69, 9.17) is 9.73 Å². The van der Waals surface area contributed by atoms with Gasteiger partial charge < -0.3 is 9.84 Å². The number of nitriles is 1. The Kier molecular flexibility index (Phi) is 5.40. The van der Waals surface area contributed by atoms with Crippen LogP contribution in [0, 0.1) is 40.5 Å². The van der Waals surface area contributed by atoms with Gasteiger partial charge in [-0.2, -0.15) is 5.26 Å². The van der Waals surface area contributed by atoms with E-state index < -0.39 is 17.0 Å². The molecule has 5 aliphatic rings. The second kappa shape index (κ2) is 7.58. The predicted octanol–water partition coefficient (Wildman–Crippen LogP) is 4.11. The number of amidine groups is 1. The van der Waals surface area contributed by atoms with Crippen LogP contribution in [-0.2, 0) is 9.53 Å². The van der Waals surface area contributed by atoms with Gasteiger partial charge in [0.2, 0.25) is 0 Å². The number of rotatable bonds is 5. The number of nitrogens with zero attached hydrogens (tertiary/aromatic N) is 2. The van der Waals surface area contributed by atoms with Crippen LogP contribution in [0.25, 0.3) is 0 Å². The van der Waals surface area contributed by atoms with Crippen LogP contribution in [0.4, 0.5) is 0 Å². The second-order valence-electron chi connectivity index (χ2n) is 10.7. The van der Waals surface area contributed by atoms with E-state index in [-0.39, 0.29) is 12.1 Å². The molecule has 4 bridgehead atoms. The maximum absolute atomic E-state index is 12.0. The second-order valence-corrected chi connectivity index (χ2v) is 10.7. The molecular formula is C23H35N3O3. The van der Waals surface area contributed by atoms with Gasteiger partial charge in [0.25, 0.3) is 0 Å². The van der Waals surface area contributed by atoms with Crippen molar-refractivity contribution in [1.29, 1.82) is 5.26 Å². The van der Waals surface area contributed by atoms with Crippen LogP contribution in [0.15, 0.2) is 4.99 Å². The van der Waals surface area contributed by atoms with Crippen LogP contribution in [0.3, 0.4) is 0 Å². The largest absolute Gasteiger partial charge is 0.481 e. The first-order chi connectivity index (χ1) is 13.7. The molecule has 0 aromatic heterocycles. The monoisotopic (exact) mass is 401 g/mol. The van der Waals surface area contributed by atoms with Gasteiger partial charge >= 0.3 is 5.97 Å². The van der Waals surface area contributed by atoms with Crippen LogP contribution in [-0.4, -0.2) is 34.7 Å². The summed E-state index contributed by atoms with van der Waals surface area (Å²) in [6.07, 6.45) is 11.4. The van der Waals surface area contributed by atoms with Crippen molar-refractivity contribution >= 4 is 11.8 Å². The highest BCUT2D eigenvalue weighted by Crippen LogP contribution is 2.61. The molecule has 0 heterocycles. The molecule has 4 unspecified atom stereocenters. The Hall–Kier alpha value is -1.61. The molecule has 4 atom stereocenters. The van der Waals surface area contributed by atoms with Crippen molar-refractivity contribution in [3.8, 4) is 6.19 Å². The third-order valence-corrected chi connectivity index (χ3v) is 8.18. The zero-order valence-electron chi connectivity index (χ0n) is 18.0. The van der Waals surface area contributed by atoms with Gasteiger partial charge in [0, 0.05) is 0 Å². The molecule has 160 valence electrons. The lowest BCUT2D eigenvalue weighted by atomic mass is 9.48. The summed E-state index contributed by atoms with van der Waals surface area (Å²) < 4.78 is 6.52. The summed E-state index contributed by atoms with van der Waals surface area (Å²) in [5.41, 5.74) is -1.19. The van der Waals surface area contributed by atoms with Gasteiger partial charge in [0.05, 0.1) is 17.6 Å². The zero-order valence-corrected chi connectivity index (χ0v) is 18.0. The SMILES string of the molecule is CC1CCCCC1OC(C)(C)C(=NC1C2CC3CC1CC(C(=O)O)(C3)C2)NC#N. The molecule has 0 aromatic rings. The smallest absolute Gasteiger partial charge is 0.309 e. The lowest BCUT2D eigenvalue weighted by molar-refractivity contribution is -0.166. The highest BCUT2D eigenvalue weighted by molar-refractivity contribution is 5.91. The first-order valence-electron chi connectivity index (χ1n) is 11.4. The molecule has 0 amide bonds. The lowest BCUT2D eigenvalue weighted by Gasteiger charge is -2.57. The van der Waals surface area contributed by atoms with Crippen molar-refractivity contribution in [2.24, 2.45) is 34.1 Å². The zero-order chi connectivity index (χ0) is 20.8. The Bertz CT molecular complexity index is 709. The molecular weight excluding hydrogens is 366 g/mol. The van der Waals surface area contributed by atoms with Gasteiger partial charge in [-0.05, 0) is 82.5 Å². The summed E-state index contributed by atoms with van der Waals surface area (Å²) in [6, 6.07) is 0.0986. The Labute approximate surface area is 174 Å². The molecule has 2 N–H and O–H groups in total. The molecule has 0 saturated heterocycles. The van der Waals surface area contributed by atoms with Crippen LogP contribution in [0.1, 0.15) is 78.6 Å². The maximum Gasteiger partial charge on any atom is 0.309 e. The van der Waals surface area contributed by atoms with Crippen LogP contribution in [0.2, 0.25) is 0 Å².